The van der Waals surface area contributed by atoms with Crippen LogP contribution in [0.5, 0.6) is 0 Å². The van der Waals surface area contributed by atoms with Gasteiger partial charge < -0.3 is 5.32 Å². The molecule has 0 bridgehead atoms. The first-order chi connectivity index (χ1) is 13.4. The molecule has 2 aromatic rings. The van der Waals surface area contributed by atoms with Gasteiger partial charge in [-0.1, -0.05) is 13.0 Å². The van der Waals surface area contributed by atoms with Crippen molar-refractivity contribution in [3.05, 3.63) is 52.8 Å². The van der Waals surface area contributed by atoms with Crippen LogP contribution in [0.4, 0.5) is 13.2 Å². The highest BCUT2D eigenvalue weighted by Crippen LogP contribution is 2.47. The van der Waals surface area contributed by atoms with Crippen molar-refractivity contribution >= 4 is 5.91 Å². The van der Waals surface area contributed by atoms with E-state index in [0.29, 0.717) is 6.42 Å². The number of rotatable bonds is 4. The van der Waals surface area contributed by atoms with E-state index < -0.39 is 11.7 Å². The van der Waals surface area contributed by atoms with Gasteiger partial charge in [-0.15, -0.1) is 0 Å². The molecule has 6 heteroatoms. The molecule has 0 radical (unpaired) electrons. The number of aromatic nitrogens is 1. The molecular formula is C22H23F3N2O. The fourth-order valence-electron chi connectivity index (χ4n) is 4.12. The van der Waals surface area contributed by atoms with Gasteiger partial charge in [0, 0.05) is 24.4 Å². The van der Waals surface area contributed by atoms with Gasteiger partial charge in [-0.3, -0.25) is 9.78 Å². The summed E-state index contributed by atoms with van der Waals surface area (Å²) in [6.07, 6.45) is 4.10. The summed E-state index contributed by atoms with van der Waals surface area (Å²) >= 11 is 0. The normalized spacial score (nSPS) is 19.2. The summed E-state index contributed by atoms with van der Waals surface area (Å²) in [6, 6.07) is 4.00. The molecule has 0 unspecified atom stereocenters. The molecule has 1 N–H and O–H groups in total. The maximum absolute atomic E-state index is 13.2. The number of halogens is 3. The van der Waals surface area contributed by atoms with Crippen molar-refractivity contribution in [2.45, 2.75) is 63.6 Å². The van der Waals surface area contributed by atoms with Gasteiger partial charge in [-0.25, -0.2) is 0 Å². The Morgan fingerprint density at radius 2 is 1.93 bits per heavy atom. The zero-order valence-electron chi connectivity index (χ0n) is 15.8. The molecule has 148 valence electrons. The molecule has 1 amide bonds. The van der Waals surface area contributed by atoms with Crippen LogP contribution < -0.4 is 5.32 Å². The molecule has 3 nitrogen and oxygen atoms in total. The van der Waals surface area contributed by atoms with Crippen molar-refractivity contribution in [3.8, 4) is 11.1 Å². The lowest BCUT2D eigenvalue weighted by atomic mass is 9.83. The van der Waals surface area contributed by atoms with E-state index in [1.54, 1.807) is 18.5 Å². The van der Waals surface area contributed by atoms with Crippen LogP contribution in [-0.2, 0) is 17.4 Å². The van der Waals surface area contributed by atoms with Crippen LogP contribution in [0, 0.1) is 0 Å². The number of nitrogens with zero attached hydrogens (tertiary/aromatic N) is 1. The molecule has 1 atom stereocenters. The van der Waals surface area contributed by atoms with Crippen LogP contribution in [0.25, 0.3) is 11.1 Å². The highest BCUT2D eigenvalue weighted by atomic mass is 19.4. The molecule has 28 heavy (non-hydrogen) atoms. The lowest BCUT2D eigenvalue weighted by molar-refractivity contribution is -0.137. The fourth-order valence-corrected chi connectivity index (χ4v) is 4.12. The summed E-state index contributed by atoms with van der Waals surface area (Å²) in [5.74, 6) is 0.184. The molecule has 4 rings (SSSR count). The predicted molar refractivity (Wildman–Crippen MR) is 101 cm³/mol. The minimum absolute atomic E-state index is 0.00328. The first-order valence-corrected chi connectivity index (χ1v) is 9.86. The van der Waals surface area contributed by atoms with Crippen LogP contribution in [0.1, 0.15) is 73.2 Å². The minimum Gasteiger partial charge on any atom is -0.349 e. The number of alkyl halides is 3. The number of hydrogen-bond acceptors (Lipinski definition) is 2. The summed E-state index contributed by atoms with van der Waals surface area (Å²) in [7, 11) is 0. The third-order valence-electron chi connectivity index (χ3n) is 5.73. The maximum Gasteiger partial charge on any atom is 0.416 e. The Balaban J connectivity index is 1.79. The zero-order valence-corrected chi connectivity index (χ0v) is 15.8. The molecule has 1 aromatic carbocycles. The molecule has 2 aliphatic carbocycles. The van der Waals surface area contributed by atoms with E-state index >= 15 is 0 Å². The van der Waals surface area contributed by atoms with E-state index in [0.717, 1.165) is 59.9 Å². The summed E-state index contributed by atoms with van der Waals surface area (Å²) < 4.78 is 39.6. The molecule has 1 heterocycles. The molecule has 1 fully saturated rings. The standard InChI is InChI=1S/C22H23F3N2O/c1-2-21(28)27-20-5-3-4-15-18(11-26-12-19(15)20)16-9-8-14(22(23,24)25)10-17(16)13-6-7-13/h8-13,20H,2-7H2,1H3,(H,27,28)/t20-/m1/s1. The summed E-state index contributed by atoms with van der Waals surface area (Å²) in [6.45, 7) is 1.82. The quantitative estimate of drug-likeness (QED) is 0.746. The molecular weight excluding hydrogens is 365 g/mol. The Hall–Kier alpha value is -2.37. The molecule has 0 saturated heterocycles. The van der Waals surface area contributed by atoms with E-state index in [9.17, 15) is 18.0 Å². The second-order valence-corrected chi connectivity index (χ2v) is 7.69. The minimum atomic E-state index is -4.34. The van der Waals surface area contributed by atoms with E-state index in [4.69, 9.17) is 0 Å². The van der Waals surface area contributed by atoms with Crippen molar-refractivity contribution < 1.29 is 18.0 Å². The van der Waals surface area contributed by atoms with Crippen molar-refractivity contribution in [2.75, 3.05) is 0 Å². The molecule has 1 aromatic heterocycles. The highest BCUT2D eigenvalue weighted by molar-refractivity contribution is 5.77. The van der Waals surface area contributed by atoms with Gasteiger partial charge in [0.05, 0.1) is 11.6 Å². The number of fused-ring (bicyclic) bond motifs is 1. The Kier molecular flexibility index (Phi) is 4.89. The van der Waals surface area contributed by atoms with Gasteiger partial charge in [0.15, 0.2) is 0 Å². The van der Waals surface area contributed by atoms with Crippen LogP contribution in [0.3, 0.4) is 0 Å². The third kappa shape index (κ3) is 3.64. The van der Waals surface area contributed by atoms with Crippen LogP contribution >= 0.6 is 0 Å². The Labute approximate surface area is 162 Å². The van der Waals surface area contributed by atoms with Crippen molar-refractivity contribution in [3.63, 3.8) is 0 Å². The number of carbonyl (C=O) groups excluding carboxylic acids is 1. The summed E-state index contributed by atoms with van der Waals surface area (Å²) in [5.41, 5.74) is 4.02. The molecule has 0 spiro atoms. The van der Waals surface area contributed by atoms with Crippen LogP contribution in [0.2, 0.25) is 0 Å². The smallest absolute Gasteiger partial charge is 0.349 e. The number of amides is 1. The lowest BCUT2D eigenvalue weighted by Crippen LogP contribution is -2.30. The Morgan fingerprint density at radius 3 is 2.61 bits per heavy atom. The summed E-state index contributed by atoms with van der Waals surface area (Å²) in [5, 5.41) is 3.05. The zero-order chi connectivity index (χ0) is 19.9. The fraction of sp³-hybridized carbons (Fsp3) is 0.455. The molecule has 1 saturated carbocycles. The first kappa shape index (κ1) is 19.0. The second kappa shape index (κ2) is 7.22. The number of benzene rings is 1. The van der Waals surface area contributed by atoms with Crippen molar-refractivity contribution in [1.29, 1.82) is 0 Å². The third-order valence-corrected chi connectivity index (χ3v) is 5.73. The van der Waals surface area contributed by atoms with Gasteiger partial charge in [0.1, 0.15) is 0 Å². The first-order valence-electron chi connectivity index (χ1n) is 9.86. The number of nitrogens with one attached hydrogen (secondary N) is 1. The maximum atomic E-state index is 13.2. The van der Waals surface area contributed by atoms with Gasteiger partial charge in [-0.05, 0) is 72.4 Å². The second-order valence-electron chi connectivity index (χ2n) is 7.69. The van der Waals surface area contributed by atoms with Gasteiger partial charge in [0.2, 0.25) is 5.91 Å². The molecule has 2 aliphatic rings. The number of pyridine rings is 1. The van der Waals surface area contributed by atoms with E-state index in [-0.39, 0.29) is 17.9 Å². The lowest BCUT2D eigenvalue weighted by Gasteiger charge is -2.28. The largest absolute Gasteiger partial charge is 0.416 e. The Morgan fingerprint density at radius 1 is 1.14 bits per heavy atom. The average molecular weight is 388 g/mol. The van der Waals surface area contributed by atoms with Crippen molar-refractivity contribution in [2.24, 2.45) is 0 Å². The number of hydrogen-bond donors (Lipinski definition) is 1. The SMILES string of the molecule is CCC(=O)N[C@@H]1CCCc2c(-c3ccc(C(F)(F)F)cc3C3CC3)cncc21. The topological polar surface area (TPSA) is 42.0 Å². The monoisotopic (exact) mass is 388 g/mol. The van der Waals surface area contributed by atoms with E-state index in [1.165, 1.54) is 12.1 Å². The summed E-state index contributed by atoms with van der Waals surface area (Å²) in [4.78, 5) is 16.3. The Bertz CT molecular complexity index is 903. The predicted octanol–water partition coefficient (Wildman–Crippen LogP) is 5.55. The van der Waals surface area contributed by atoms with E-state index in [2.05, 4.69) is 10.3 Å². The molecule has 0 aliphatic heterocycles. The average Bonchev–Trinajstić information content (AvgIpc) is 3.52. The van der Waals surface area contributed by atoms with Crippen LogP contribution in [-0.4, -0.2) is 10.9 Å². The van der Waals surface area contributed by atoms with E-state index in [1.807, 2.05) is 6.92 Å². The van der Waals surface area contributed by atoms with Gasteiger partial charge in [0.25, 0.3) is 0 Å². The van der Waals surface area contributed by atoms with Crippen LogP contribution in [0.15, 0.2) is 30.6 Å². The number of carbonyl (C=O) groups is 1. The van der Waals surface area contributed by atoms with Gasteiger partial charge in [-0.2, -0.15) is 13.2 Å². The highest BCUT2D eigenvalue weighted by Gasteiger charge is 2.35. The van der Waals surface area contributed by atoms with Crippen molar-refractivity contribution in [1.82, 2.24) is 10.3 Å². The van der Waals surface area contributed by atoms with Gasteiger partial charge >= 0.3 is 6.18 Å².